The molecule has 0 saturated carbocycles. The quantitative estimate of drug-likeness (QED) is 0.702. The standard InChI is InChI=1S/C22H28O3/c1-4-5-8-11-22-12-15-9-6-7-10-16(15)20(25-22)19-17(23)13-21(2,3)14-18(19)24-22/h6-7,9-10,20H,4-5,8,11-14H2,1-3H3/t20-,22+/m0/s1. The molecule has 1 aliphatic carbocycles. The molecule has 4 rings (SSSR count). The van der Waals surface area contributed by atoms with Crippen molar-refractivity contribution in [3.8, 4) is 0 Å². The van der Waals surface area contributed by atoms with Crippen molar-refractivity contribution < 1.29 is 14.3 Å². The van der Waals surface area contributed by atoms with Crippen LogP contribution in [0.3, 0.4) is 0 Å². The lowest BCUT2D eigenvalue weighted by Gasteiger charge is -2.50. The number of unbranched alkanes of at least 4 members (excludes halogenated alkanes) is 2. The maximum Gasteiger partial charge on any atom is 0.215 e. The third-order valence-corrected chi connectivity index (χ3v) is 5.74. The van der Waals surface area contributed by atoms with Gasteiger partial charge in [-0.3, -0.25) is 4.79 Å². The number of allylic oxidation sites excluding steroid dienone is 1. The Balaban J connectivity index is 1.78. The van der Waals surface area contributed by atoms with E-state index in [2.05, 4.69) is 39.0 Å². The van der Waals surface area contributed by atoms with Crippen molar-refractivity contribution >= 4 is 5.78 Å². The van der Waals surface area contributed by atoms with Crippen LogP contribution in [0.4, 0.5) is 0 Å². The first kappa shape index (κ1) is 16.8. The molecule has 3 heteroatoms. The van der Waals surface area contributed by atoms with Gasteiger partial charge in [0.05, 0.1) is 5.57 Å². The number of fused-ring (bicyclic) bond motifs is 5. The summed E-state index contributed by atoms with van der Waals surface area (Å²) in [6.07, 6.45) is 6.24. The second kappa shape index (κ2) is 5.98. The Morgan fingerprint density at radius 1 is 1.12 bits per heavy atom. The fraction of sp³-hybridized carbons (Fsp3) is 0.591. The molecule has 0 spiro atoms. The normalized spacial score (nSPS) is 29.7. The lowest BCUT2D eigenvalue weighted by molar-refractivity contribution is -0.266. The predicted octanol–water partition coefficient (Wildman–Crippen LogP) is 5.25. The molecule has 0 radical (unpaired) electrons. The fourth-order valence-corrected chi connectivity index (χ4v) is 4.56. The zero-order valence-electron chi connectivity index (χ0n) is 15.6. The van der Waals surface area contributed by atoms with Crippen LogP contribution in [0.15, 0.2) is 35.6 Å². The zero-order chi connectivity index (χ0) is 17.7. The van der Waals surface area contributed by atoms with Gasteiger partial charge in [0, 0.05) is 25.7 Å². The van der Waals surface area contributed by atoms with Gasteiger partial charge in [-0.15, -0.1) is 0 Å². The van der Waals surface area contributed by atoms with E-state index < -0.39 is 5.79 Å². The van der Waals surface area contributed by atoms with Gasteiger partial charge >= 0.3 is 0 Å². The highest BCUT2D eigenvalue weighted by Gasteiger charge is 2.51. The van der Waals surface area contributed by atoms with Crippen LogP contribution in [0, 0.1) is 5.41 Å². The van der Waals surface area contributed by atoms with Crippen LogP contribution >= 0.6 is 0 Å². The van der Waals surface area contributed by atoms with Gasteiger partial charge in [-0.1, -0.05) is 57.9 Å². The maximum atomic E-state index is 12.9. The molecule has 0 fully saturated rings. The lowest BCUT2D eigenvalue weighted by Crippen LogP contribution is -2.49. The van der Waals surface area contributed by atoms with Crippen molar-refractivity contribution in [3.63, 3.8) is 0 Å². The van der Waals surface area contributed by atoms with Crippen LogP contribution in [0.2, 0.25) is 0 Å². The van der Waals surface area contributed by atoms with Gasteiger partial charge in [-0.05, 0) is 23.0 Å². The van der Waals surface area contributed by atoms with E-state index in [0.717, 1.165) is 42.6 Å². The van der Waals surface area contributed by atoms with Crippen LogP contribution < -0.4 is 0 Å². The molecule has 1 aromatic carbocycles. The summed E-state index contributed by atoms with van der Waals surface area (Å²) in [7, 11) is 0. The Labute approximate surface area is 150 Å². The average molecular weight is 340 g/mol. The Morgan fingerprint density at radius 2 is 1.92 bits per heavy atom. The Kier molecular flexibility index (Phi) is 4.03. The number of carbonyl (C=O) groups is 1. The zero-order valence-corrected chi connectivity index (χ0v) is 15.6. The first-order chi connectivity index (χ1) is 11.9. The minimum absolute atomic E-state index is 0.0360. The molecule has 0 amide bonds. The van der Waals surface area contributed by atoms with E-state index >= 15 is 0 Å². The minimum Gasteiger partial charge on any atom is -0.466 e. The minimum atomic E-state index is -0.597. The summed E-state index contributed by atoms with van der Waals surface area (Å²) in [5.74, 6) is 0.486. The van der Waals surface area contributed by atoms with Crippen molar-refractivity contribution in [2.75, 3.05) is 0 Å². The highest BCUT2D eigenvalue weighted by atomic mass is 16.7. The van der Waals surface area contributed by atoms with Gasteiger partial charge < -0.3 is 9.47 Å². The Bertz CT molecular complexity index is 731. The molecule has 2 heterocycles. The van der Waals surface area contributed by atoms with Crippen LogP contribution in [-0.2, 0) is 20.7 Å². The second-order valence-corrected chi connectivity index (χ2v) is 8.62. The summed E-state index contributed by atoms with van der Waals surface area (Å²) in [5.41, 5.74) is 3.15. The Hall–Kier alpha value is -1.61. The molecule has 2 aliphatic heterocycles. The van der Waals surface area contributed by atoms with E-state index in [1.807, 2.05) is 6.07 Å². The molecule has 3 nitrogen and oxygen atoms in total. The molecule has 2 bridgehead atoms. The molecule has 0 unspecified atom stereocenters. The van der Waals surface area contributed by atoms with Crippen LogP contribution in [-0.4, -0.2) is 11.6 Å². The van der Waals surface area contributed by atoms with E-state index in [-0.39, 0.29) is 17.3 Å². The van der Waals surface area contributed by atoms with Crippen molar-refractivity contribution in [2.24, 2.45) is 5.41 Å². The SMILES string of the molecule is CCCCC[C@]12Cc3ccccc3[C@H](O1)C1=C(CC(C)(C)CC1=O)O2. The molecule has 0 N–H and O–H groups in total. The summed E-state index contributed by atoms with van der Waals surface area (Å²) in [6.45, 7) is 6.52. The van der Waals surface area contributed by atoms with Crippen LogP contribution in [0.25, 0.3) is 0 Å². The number of carbonyl (C=O) groups excluding carboxylic acids is 1. The van der Waals surface area contributed by atoms with Crippen LogP contribution in [0.5, 0.6) is 0 Å². The number of hydrogen-bond acceptors (Lipinski definition) is 3. The molecule has 1 aromatic rings. The molecule has 0 aromatic heterocycles. The number of hydrogen-bond donors (Lipinski definition) is 0. The number of benzene rings is 1. The van der Waals surface area contributed by atoms with Gasteiger partial charge in [-0.25, -0.2) is 0 Å². The molecular weight excluding hydrogens is 312 g/mol. The van der Waals surface area contributed by atoms with Crippen LogP contribution in [0.1, 0.15) is 76.5 Å². The number of ketones is 1. The third-order valence-electron chi connectivity index (χ3n) is 5.74. The summed E-state index contributed by atoms with van der Waals surface area (Å²) in [6, 6.07) is 8.38. The molecule has 0 saturated heterocycles. The maximum absolute atomic E-state index is 12.9. The van der Waals surface area contributed by atoms with E-state index in [0.29, 0.717) is 6.42 Å². The summed E-state index contributed by atoms with van der Waals surface area (Å²) >= 11 is 0. The Morgan fingerprint density at radius 3 is 2.72 bits per heavy atom. The molecule has 3 aliphatic rings. The molecular formula is C22H28O3. The predicted molar refractivity (Wildman–Crippen MR) is 97.0 cm³/mol. The summed E-state index contributed by atoms with van der Waals surface area (Å²) < 4.78 is 13.0. The lowest BCUT2D eigenvalue weighted by atomic mass is 9.72. The van der Waals surface area contributed by atoms with Gasteiger partial charge in [0.25, 0.3) is 0 Å². The van der Waals surface area contributed by atoms with Gasteiger partial charge in [0.2, 0.25) is 5.79 Å². The monoisotopic (exact) mass is 340 g/mol. The van der Waals surface area contributed by atoms with Gasteiger partial charge in [0.15, 0.2) is 5.78 Å². The van der Waals surface area contributed by atoms with E-state index in [1.165, 1.54) is 18.4 Å². The van der Waals surface area contributed by atoms with Gasteiger partial charge in [0.1, 0.15) is 11.9 Å². The third kappa shape index (κ3) is 2.93. The van der Waals surface area contributed by atoms with Crippen molar-refractivity contribution in [2.45, 2.75) is 77.6 Å². The summed E-state index contributed by atoms with van der Waals surface area (Å²) in [4.78, 5) is 12.9. The van der Waals surface area contributed by atoms with Crippen molar-refractivity contribution in [1.29, 1.82) is 0 Å². The van der Waals surface area contributed by atoms with E-state index in [1.54, 1.807) is 0 Å². The highest BCUT2D eigenvalue weighted by Crippen LogP contribution is 2.53. The average Bonchev–Trinajstić information content (AvgIpc) is 2.53. The van der Waals surface area contributed by atoms with Crippen molar-refractivity contribution in [1.82, 2.24) is 0 Å². The smallest absolute Gasteiger partial charge is 0.215 e. The first-order valence-corrected chi connectivity index (χ1v) is 9.64. The number of ether oxygens (including phenoxy) is 2. The summed E-state index contributed by atoms with van der Waals surface area (Å²) in [5, 5.41) is 0. The van der Waals surface area contributed by atoms with E-state index in [4.69, 9.17) is 9.47 Å². The van der Waals surface area contributed by atoms with Gasteiger partial charge in [-0.2, -0.15) is 0 Å². The van der Waals surface area contributed by atoms with E-state index in [9.17, 15) is 4.79 Å². The number of Topliss-reactive ketones (excluding diaryl/α,β-unsaturated/α-hetero) is 1. The number of rotatable bonds is 4. The fourth-order valence-electron chi connectivity index (χ4n) is 4.56. The largest absolute Gasteiger partial charge is 0.466 e. The first-order valence-electron chi connectivity index (χ1n) is 9.64. The second-order valence-electron chi connectivity index (χ2n) is 8.62. The topological polar surface area (TPSA) is 35.5 Å². The molecule has 25 heavy (non-hydrogen) atoms. The molecule has 134 valence electrons. The van der Waals surface area contributed by atoms with Crippen molar-refractivity contribution in [3.05, 3.63) is 46.7 Å². The highest BCUT2D eigenvalue weighted by molar-refractivity contribution is 5.98. The molecule has 2 atom stereocenters.